The molecule has 0 atom stereocenters. The zero-order chi connectivity index (χ0) is 9.26. The van der Waals surface area contributed by atoms with Crippen LogP contribution in [0.1, 0.15) is 10.7 Å². The summed E-state index contributed by atoms with van der Waals surface area (Å²) in [7, 11) is 0. The standard InChI is InChI=1S/C9H7N3S/c1-7-11-8(6-10)9(13-7)12-4-2-3-5-12/h2-5H,1H3. The molecule has 0 radical (unpaired) electrons. The van der Waals surface area contributed by atoms with E-state index in [1.54, 1.807) is 0 Å². The fourth-order valence-electron chi connectivity index (χ4n) is 1.13. The summed E-state index contributed by atoms with van der Waals surface area (Å²) in [4.78, 5) is 4.12. The monoisotopic (exact) mass is 189 g/mol. The van der Waals surface area contributed by atoms with Crippen LogP contribution in [0.25, 0.3) is 5.00 Å². The summed E-state index contributed by atoms with van der Waals surface area (Å²) in [5.41, 5.74) is 0.499. The van der Waals surface area contributed by atoms with Gasteiger partial charge in [-0.1, -0.05) is 11.3 Å². The van der Waals surface area contributed by atoms with Crippen LogP contribution >= 0.6 is 11.3 Å². The molecule has 2 rings (SSSR count). The lowest BCUT2D eigenvalue weighted by Crippen LogP contribution is -1.88. The maximum absolute atomic E-state index is 8.81. The maximum Gasteiger partial charge on any atom is 0.176 e. The van der Waals surface area contributed by atoms with E-state index in [-0.39, 0.29) is 0 Å². The molecule has 0 saturated carbocycles. The van der Waals surface area contributed by atoms with Gasteiger partial charge in [0.05, 0.1) is 5.01 Å². The van der Waals surface area contributed by atoms with Crippen molar-refractivity contribution >= 4 is 11.3 Å². The second-order valence-electron chi connectivity index (χ2n) is 2.59. The van der Waals surface area contributed by atoms with Gasteiger partial charge in [-0.05, 0) is 19.1 Å². The summed E-state index contributed by atoms with van der Waals surface area (Å²) in [6, 6.07) is 5.94. The van der Waals surface area contributed by atoms with E-state index in [1.165, 1.54) is 11.3 Å². The van der Waals surface area contributed by atoms with Gasteiger partial charge in [0, 0.05) is 12.4 Å². The molecule has 0 N–H and O–H groups in total. The van der Waals surface area contributed by atoms with Crippen molar-refractivity contribution in [2.45, 2.75) is 6.92 Å². The van der Waals surface area contributed by atoms with E-state index in [9.17, 15) is 0 Å². The van der Waals surface area contributed by atoms with Crippen LogP contribution in [0, 0.1) is 18.3 Å². The van der Waals surface area contributed by atoms with Gasteiger partial charge in [-0.15, -0.1) is 0 Å². The molecule has 0 aliphatic rings. The molecule has 0 fully saturated rings. The van der Waals surface area contributed by atoms with Crippen LogP contribution in [0.5, 0.6) is 0 Å². The zero-order valence-corrected chi connectivity index (χ0v) is 7.88. The molecule has 0 saturated heterocycles. The fourth-order valence-corrected chi connectivity index (χ4v) is 1.97. The molecule has 0 aliphatic carbocycles. The van der Waals surface area contributed by atoms with E-state index >= 15 is 0 Å². The molecule has 4 heteroatoms. The van der Waals surface area contributed by atoms with Crippen LogP contribution in [0.3, 0.4) is 0 Å². The number of rotatable bonds is 1. The molecular weight excluding hydrogens is 182 g/mol. The summed E-state index contributed by atoms with van der Waals surface area (Å²) in [6.45, 7) is 1.90. The van der Waals surface area contributed by atoms with Crippen LogP contribution in [-0.4, -0.2) is 9.55 Å². The number of aromatic nitrogens is 2. The van der Waals surface area contributed by atoms with E-state index < -0.39 is 0 Å². The summed E-state index contributed by atoms with van der Waals surface area (Å²) in [5, 5.41) is 10.6. The minimum absolute atomic E-state index is 0.499. The lowest BCUT2D eigenvalue weighted by Gasteiger charge is -1.95. The predicted molar refractivity (Wildman–Crippen MR) is 50.9 cm³/mol. The molecule has 2 heterocycles. The first kappa shape index (κ1) is 8.02. The van der Waals surface area contributed by atoms with Crippen LogP contribution in [0.15, 0.2) is 24.5 Å². The van der Waals surface area contributed by atoms with Gasteiger partial charge in [0.25, 0.3) is 0 Å². The fraction of sp³-hybridized carbons (Fsp3) is 0.111. The Morgan fingerprint density at radius 3 is 2.77 bits per heavy atom. The molecular formula is C9H7N3S. The topological polar surface area (TPSA) is 41.6 Å². The average Bonchev–Trinajstić information content (AvgIpc) is 2.71. The van der Waals surface area contributed by atoms with Gasteiger partial charge in [0.2, 0.25) is 0 Å². The van der Waals surface area contributed by atoms with Gasteiger partial charge in [-0.3, -0.25) is 0 Å². The Bertz CT molecular complexity index is 448. The zero-order valence-electron chi connectivity index (χ0n) is 7.06. The Labute approximate surface area is 79.9 Å². The highest BCUT2D eigenvalue weighted by molar-refractivity contribution is 7.14. The third kappa shape index (κ3) is 1.34. The van der Waals surface area contributed by atoms with E-state index in [4.69, 9.17) is 5.26 Å². The van der Waals surface area contributed by atoms with Crippen molar-refractivity contribution in [3.63, 3.8) is 0 Å². The van der Waals surface area contributed by atoms with Crippen molar-refractivity contribution in [2.24, 2.45) is 0 Å². The Morgan fingerprint density at radius 2 is 2.15 bits per heavy atom. The Balaban J connectivity index is 2.59. The molecule has 0 bridgehead atoms. The quantitative estimate of drug-likeness (QED) is 0.689. The molecule has 0 amide bonds. The van der Waals surface area contributed by atoms with E-state index in [1.807, 2.05) is 36.0 Å². The molecule has 13 heavy (non-hydrogen) atoms. The van der Waals surface area contributed by atoms with Crippen molar-refractivity contribution in [2.75, 3.05) is 0 Å². The highest BCUT2D eigenvalue weighted by Crippen LogP contribution is 2.21. The number of nitrogens with zero attached hydrogens (tertiary/aromatic N) is 3. The van der Waals surface area contributed by atoms with Crippen LogP contribution in [0.4, 0.5) is 0 Å². The predicted octanol–water partition coefficient (Wildman–Crippen LogP) is 2.11. The van der Waals surface area contributed by atoms with Gasteiger partial charge in [0.1, 0.15) is 11.1 Å². The first-order chi connectivity index (χ1) is 6.31. The minimum atomic E-state index is 0.499. The van der Waals surface area contributed by atoms with E-state index in [0.717, 1.165) is 10.0 Å². The lowest BCUT2D eigenvalue weighted by molar-refractivity contribution is 1.09. The van der Waals surface area contributed by atoms with Crippen LogP contribution in [0.2, 0.25) is 0 Å². The highest BCUT2D eigenvalue weighted by atomic mass is 32.1. The lowest BCUT2D eigenvalue weighted by atomic mass is 10.5. The summed E-state index contributed by atoms with van der Waals surface area (Å²) >= 11 is 1.53. The second kappa shape index (κ2) is 3.04. The smallest absolute Gasteiger partial charge is 0.176 e. The van der Waals surface area contributed by atoms with Crippen molar-refractivity contribution in [1.29, 1.82) is 5.26 Å². The van der Waals surface area contributed by atoms with Crippen molar-refractivity contribution in [1.82, 2.24) is 9.55 Å². The third-order valence-corrected chi connectivity index (χ3v) is 2.65. The normalized spacial score (nSPS) is 9.85. The minimum Gasteiger partial charge on any atom is -0.313 e. The molecule has 64 valence electrons. The summed E-state index contributed by atoms with van der Waals surface area (Å²) < 4.78 is 1.91. The number of aryl methyl sites for hydroxylation is 1. The number of hydrogen-bond acceptors (Lipinski definition) is 3. The molecule has 0 aliphatic heterocycles. The van der Waals surface area contributed by atoms with Gasteiger partial charge in [0.15, 0.2) is 5.69 Å². The summed E-state index contributed by atoms with van der Waals surface area (Å²) in [6.07, 6.45) is 3.82. The van der Waals surface area contributed by atoms with Gasteiger partial charge >= 0.3 is 0 Å². The largest absolute Gasteiger partial charge is 0.313 e. The Morgan fingerprint density at radius 1 is 1.46 bits per heavy atom. The van der Waals surface area contributed by atoms with Crippen molar-refractivity contribution in [3.05, 3.63) is 35.2 Å². The molecule has 0 spiro atoms. The highest BCUT2D eigenvalue weighted by Gasteiger charge is 2.08. The van der Waals surface area contributed by atoms with Gasteiger partial charge in [-0.25, -0.2) is 4.98 Å². The number of thiazole rings is 1. The Hall–Kier alpha value is -1.60. The number of nitriles is 1. The average molecular weight is 189 g/mol. The summed E-state index contributed by atoms with van der Waals surface area (Å²) in [5.74, 6) is 0. The van der Waals surface area contributed by atoms with Crippen molar-refractivity contribution in [3.8, 4) is 11.1 Å². The molecule has 0 aromatic carbocycles. The third-order valence-electron chi connectivity index (χ3n) is 1.66. The molecule has 0 unspecified atom stereocenters. The van der Waals surface area contributed by atoms with Crippen LogP contribution < -0.4 is 0 Å². The van der Waals surface area contributed by atoms with Crippen LogP contribution in [-0.2, 0) is 0 Å². The van der Waals surface area contributed by atoms with Crippen molar-refractivity contribution < 1.29 is 0 Å². The maximum atomic E-state index is 8.81. The number of hydrogen-bond donors (Lipinski definition) is 0. The van der Waals surface area contributed by atoms with E-state index in [2.05, 4.69) is 11.1 Å². The molecule has 3 nitrogen and oxygen atoms in total. The first-order valence-corrected chi connectivity index (χ1v) is 4.64. The van der Waals surface area contributed by atoms with E-state index in [0.29, 0.717) is 5.69 Å². The van der Waals surface area contributed by atoms with Gasteiger partial charge in [-0.2, -0.15) is 5.26 Å². The van der Waals surface area contributed by atoms with Gasteiger partial charge < -0.3 is 4.57 Å². The Kier molecular flexibility index (Phi) is 1.87. The molecule has 2 aromatic heterocycles. The first-order valence-electron chi connectivity index (χ1n) is 3.82. The molecule has 2 aromatic rings. The SMILES string of the molecule is Cc1nc(C#N)c(-n2cccc2)s1. The second-order valence-corrected chi connectivity index (χ2v) is 3.77.